The molecule has 4 heterocycles. The predicted octanol–water partition coefficient (Wildman–Crippen LogP) is 3.79. The number of nitrogens with zero attached hydrogens (tertiary/aromatic N) is 7. The normalized spacial score (nSPS) is 19.9. The lowest BCUT2D eigenvalue weighted by molar-refractivity contribution is 0.122. The van der Waals surface area contributed by atoms with Gasteiger partial charge in [0.25, 0.3) is 6.43 Å². The fraction of sp³-hybridized carbons (Fsp3) is 0.455. The molecule has 0 unspecified atom stereocenters. The molecule has 0 spiro atoms. The molecule has 0 aliphatic carbocycles. The monoisotopic (exact) mass is 442 g/mol. The van der Waals surface area contributed by atoms with E-state index >= 15 is 0 Å². The van der Waals surface area contributed by atoms with Gasteiger partial charge in [-0.2, -0.15) is 0 Å². The lowest BCUT2D eigenvalue weighted by Gasteiger charge is -2.36. The summed E-state index contributed by atoms with van der Waals surface area (Å²) in [5.74, 6) is 1.12. The second kappa shape index (κ2) is 8.42. The van der Waals surface area contributed by atoms with Crippen LogP contribution in [-0.2, 0) is 6.54 Å². The van der Waals surface area contributed by atoms with Gasteiger partial charge in [-0.05, 0) is 42.6 Å². The van der Waals surface area contributed by atoms with E-state index in [1.165, 1.54) is 4.68 Å². The van der Waals surface area contributed by atoms with Gasteiger partial charge in [-0.15, -0.1) is 10.2 Å². The van der Waals surface area contributed by atoms with Gasteiger partial charge >= 0.3 is 0 Å². The summed E-state index contributed by atoms with van der Waals surface area (Å²) in [6, 6.07) is 7.84. The Hall–Kier alpha value is -3.14. The molecule has 170 valence electrons. The van der Waals surface area contributed by atoms with Crippen LogP contribution in [-0.4, -0.2) is 66.6 Å². The number of nitrogens with one attached hydrogen (secondary N) is 1. The van der Waals surface area contributed by atoms with E-state index in [9.17, 15) is 8.78 Å². The van der Waals surface area contributed by atoms with Gasteiger partial charge in [0.15, 0.2) is 0 Å². The second-order valence-corrected chi connectivity index (χ2v) is 8.42. The third kappa shape index (κ3) is 3.90. The molecule has 2 atom stereocenters. The summed E-state index contributed by atoms with van der Waals surface area (Å²) < 4.78 is 28.8. The van der Waals surface area contributed by atoms with Crippen molar-refractivity contribution in [2.45, 2.75) is 39.3 Å². The van der Waals surface area contributed by atoms with Crippen LogP contribution in [0.5, 0.6) is 0 Å². The fourth-order valence-electron chi connectivity index (χ4n) is 4.51. The van der Waals surface area contributed by atoms with Crippen molar-refractivity contribution in [3.63, 3.8) is 0 Å². The van der Waals surface area contributed by atoms with Gasteiger partial charge in [-0.3, -0.25) is 0 Å². The van der Waals surface area contributed by atoms with Gasteiger partial charge in [-0.25, -0.2) is 23.0 Å². The number of benzene rings is 1. The van der Waals surface area contributed by atoms with E-state index < -0.39 is 13.0 Å². The highest BCUT2D eigenvalue weighted by Crippen LogP contribution is 2.28. The first-order chi connectivity index (χ1) is 15.5. The summed E-state index contributed by atoms with van der Waals surface area (Å²) in [4.78, 5) is 7.02. The molecule has 1 aliphatic rings. The first-order valence-electron chi connectivity index (χ1n) is 11.0. The van der Waals surface area contributed by atoms with Gasteiger partial charge in [0, 0.05) is 32.3 Å². The molecule has 1 aromatic carbocycles. The van der Waals surface area contributed by atoms with Gasteiger partial charge in [-0.1, -0.05) is 25.1 Å². The van der Waals surface area contributed by atoms with E-state index in [0.717, 1.165) is 42.7 Å². The summed E-state index contributed by atoms with van der Waals surface area (Å²) >= 11 is 0. The predicted molar refractivity (Wildman–Crippen MR) is 121 cm³/mol. The molecule has 0 bridgehead atoms. The lowest BCUT2D eigenvalue weighted by Crippen LogP contribution is -2.45. The summed E-state index contributed by atoms with van der Waals surface area (Å²) in [5, 5.41) is 16.0. The third-order valence-corrected chi connectivity index (χ3v) is 6.30. The van der Waals surface area contributed by atoms with Gasteiger partial charge in [0.1, 0.15) is 12.1 Å². The Balaban J connectivity index is 0.00000259. The summed E-state index contributed by atoms with van der Waals surface area (Å²) in [7, 11) is 0. The molecular formula is C22H28F2N8. The Bertz CT molecular complexity index is 1240. The minimum absolute atomic E-state index is 0. The molecule has 0 radical (unpaired) electrons. The number of anilines is 1. The minimum Gasteiger partial charge on any atom is -0.350 e. The van der Waals surface area contributed by atoms with Crippen molar-refractivity contribution in [1.29, 1.82) is 0 Å². The van der Waals surface area contributed by atoms with E-state index in [4.69, 9.17) is 0 Å². The first-order valence-corrected chi connectivity index (χ1v) is 11.0. The van der Waals surface area contributed by atoms with Crippen LogP contribution in [0.1, 0.15) is 21.7 Å². The molecule has 1 fully saturated rings. The van der Waals surface area contributed by atoms with Crippen molar-refractivity contribution >= 4 is 22.5 Å². The highest BCUT2D eigenvalue weighted by atomic mass is 19.3. The molecule has 0 saturated carbocycles. The van der Waals surface area contributed by atoms with Crippen molar-refractivity contribution < 1.29 is 10.2 Å². The molecular weight excluding hydrogens is 414 g/mol. The summed E-state index contributed by atoms with van der Waals surface area (Å²) in [6.45, 7) is 7.20. The van der Waals surface area contributed by atoms with Crippen molar-refractivity contribution in [2.24, 2.45) is 5.92 Å². The number of likely N-dealkylation sites (tertiary alicyclic amines) is 1. The first kappa shape index (κ1) is 20.7. The van der Waals surface area contributed by atoms with Crippen LogP contribution in [0.3, 0.4) is 0 Å². The zero-order chi connectivity index (χ0) is 22.2. The van der Waals surface area contributed by atoms with Crippen LogP contribution in [0.25, 0.3) is 27.7 Å². The van der Waals surface area contributed by atoms with Crippen LogP contribution in [0.4, 0.5) is 14.7 Å². The van der Waals surface area contributed by atoms with Gasteiger partial charge in [0.05, 0.1) is 17.2 Å². The number of rotatable bonds is 6. The average Bonchev–Trinajstić information content (AvgIpc) is 3.38. The zero-order valence-electron chi connectivity index (χ0n) is 18.1. The van der Waals surface area contributed by atoms with Crippen LogP contribution < -0.4 is 5.32 Å². The molecule has 10 heteroatoms. The quantitative estimate of drug-likeness (QED) is 0.490. The molecule has 8 nitrogen and oxygen atoms in total. The van der Waals surface area contributed by atoms with Crippen LogP contribution in [0.15, 0.2) is 36.7 Å². The van der Waals surface area contributed by atoms with Gasteiger partial charge in [0.2, 0.25) is 5.95 Å². The standard InChI is InChI=1S/C22H26F2N8.H2/c1-3-30-8-7-17(14(2)12-30)26-22-25-11-20-16(6-9-31(20)28-22)15-4-5-18-19(10-15)32(29-27-18)13-21(23)24;/h4-6,9-11,14,17,21H,3,7-8,12-13H2,1-2H3,(H,26,28);1H/t14-,17+;/m1./s1. The van der Waals surface area contributed by atoms with E-state index in [2.05, 4.69) is 44.5 Å². The zero-order valence-corrected chi connectivity index (χ0v) is 18.1. The van der Waals surface area contributed by atoms with Crippen LogP contribution >= 0.6 is 0 Å². The van der Waals surface area contributed by atoms with Crippen molar-refractivity contribution in [3.8, 4) is 11.1 Å². The minimum atomic E-state index is -2.49. The number of hydrogen-bond acceptors (Lipinski definition) is 6. The average molecular weight is 443 g/mol. The Kier molecular flexibility index (Phi) is 5.46. The smallest absolute Gasteiger partial charge is 0.258 e. The maximum atomic E-state index is 12.9. The fourth-order valence-corrected chi connectivity index (χ4v) is 4.51. The van der Waals surface area contributed by atoms with Crippen LogP contribution in [0, 0.1) is 5.92 Å². The number of piperidine rings is 1. The lowest BCUT2D eigenvalue weighted by atomic mass is 9.94. The number of halogens is 2. The van der Waals surface area contributed by atoms with Gasteiger partial charge < -0.3 is 10.2 Å². The number of aromatic nitrogens is 6. The molecule has 3 aromatic heterocycles. The molecule has 4 aromatic rings. The second-order valence-electron chi connectivity index (χ2n) is 8.42. The SMILES string of the molecule is CCN1CC[C@H](Nc2ncc3c(-c4ccc5nnn(CC(F)F)c5c4)ccn3n2)[C@H](C)C1.[HH]. The highest BCUT2D eigenvalue weighted by Gasteiger charge is 2.26. The maximum Gasteiger partial charge on any atom is 0.258 e. The summed E-state index contributed by atoms with van der Waals surface area (Å²) in [5.41, 5.74) is 3.81. The Labute approximate surface area is 185 Å². The van der Waals surface area contributed by atoms with Crippen molar-refractivity contribution in [3.05, 3.63) is 36.7 Å². The van der Waals surface area contributed by atoms with E-state index in [-0.39, 0.29) is 1.43 Å². The number of alkyl halides is 2. The Morgan fingerprint density at radius 3 is 2.91 bits per heavy atom. The molecule has 0 amide bonds. The Morgan fingerprint density at radius 2 is 2.12 bits per heavy atom. The van der Waals surface area contributed by atoms with Crippen molar-refractivity contribution in [2.75, 3.05) is 25.0 Å². The van der Waals surface area contributed by atoms with Crippen molar-refractivity contribution in [1.82, 2.24) is 34.5 Å². The number of fused-ring (bicyclic) bond motifs is 2. The summed E-state index contributed by atoms with van der Waals surface area (Å²) in [6.07, 6.45) is 2.26. The highest BCUT2D eigenvalue weighted by molar-refractivity contribution is 5.87. The molecule has 1 saturated heterocycles. The van der Waals surface area contributed by atoms with E-state index in [0.29, 0.717) is 28.9 Å². The van der Waals surface area contributed by atoms with E-state index in [1.54, 1.807) is 16.8 Å². The molecule has 32 heavy (non-hydrogen) atoms. The molecule has 1 N–H and O–H groups in total. The molecule has 5 rings (SSSR count). The van der Waals surface area contributed by atoms with Crippen LogP contribution in [0.2, 0.25) is 0 Å². The third-order valence-electron chi connectivity index (χ3n) is 6.30. The van der Waals surface area contributed by atoms with E-state index in [1.807, 2.05) is 24.4 Å². The Morgan fingerprint density at radius 1 is 1.25 bits per heavy atom. The molecule has 1 aliphatic heterocycles. The topological polar surface area (TPSA) is 76.2 Å². The number of hydrogen-bond donors (Lipinski definition) is 1. The largest absolute Gasteiger partial charge is 0.350 e. The maximum absolute atomic E-state index is 12.9.